The van der Waals surface area contributed by atoms with Crippen LogP contribution in [0.5, 0.6) is 0 Å². The van der Waals surface area contributed by atoms with E-state index in [1.165, 1.54) is 43.4 Å². The lowest BCUT2D eigenvalue weighted by Gasteiger charge is -2.44. The van der Waals surface area contributed by atoms with Gasteiger partial charge in [-0.1, -0.05) is 30.6 Å². The van der Waals surface area contributed by atoms with Gasteiger partial charge in [0, 0.05) is 19.6 Å². The molecule has 0 unspecified atom stereocenters. The van der Waals surface area contributed by atoms with Gasteiger partial charge in [0.25, 0.3) is 5.91 Å². The Balaban J connectivity index is 1.59. The maximum Gasteiger partial charge on any atom is 0.284 e. The Morgan fingerprint density at radius 1 is 1.19 bits per heavy atom. The van der Waals surface area contributed by atoms with E-state index in [9.17, 15) is 4.79 Å². The number of hydrogen-bond acceptors (Lipinski definition) is 5. The van der Waals surface area contributed by atoms with Crippen molar-refractivity contribution < 1.29 is 4.79 Å². The van der Waals surface area contributed by atoms with Gasteiger partial charge in [-0.3, -0.25) is 4.79 Å². The molecule has 2 aliphatic rings. The number of nitrogens with one attached hydrogen (secondary N) is 1. The van der Waals surface area contributed by atoms with Gasteiger partial charge in [-0.15, -0.1) is 10.2 Å². The topological polar surface area (TPSA) is 58.1 Å². The molecule has 0 aromatic carbocycles. The molecule has 3 rings (SSSR count). The Hall–Kier alpha value is -1.17. The third kappa shape index (κ3) is 3.20. The molecule has 1 saturated heterocycles. The highest BCUT2D eigenvalue weighted by Gasteiger charge is 2.37. The van der Waals surface area contributed by atoms with Crippen molar-refractivity contribution in [2.45, 2.75) is 51.9 Å². The molecule has 1 aromatic heterocycles. The maximum absolute atomic E-state index is 12.5. The highest BCUT2D eigenvalue weighted by atomic mass is 32.1. The van der Waals surface area contributed by atoms with E-state index in [-0.39, 0.29) is 5.91 Å². The van der Waals surface area contributed by atoms with Crippen LogP contribution in [0.25, 0.3) is 0 Å². The van der Waals surface area contributed by atoms with Gasteiger partial charge in [0.2, 0.25) is 10.1 Å². The van der Waals surface area contributed by atoms with Gasteiger partial charge in [0.15, 0.2) is 0 Å². The van der Waals surface area contributed by atoms with Gasteiger partial charge in [-0.25, -0.2) is 0 Å². The quantitative estimate of drug-likeness (QED) is 0.932. The van der Waals surface area contributed by atoms with Crippen LogP contribution in [-0.4, -0.2) is 40.6 Å². The number of rotatable bonds is 3. The second-order valence-corrected chi connectivity index (χ2v) is 7.27. The van der Waals surface area contributed by atoms with Crippen LogP contribution in [0.1, 0.15) is 61.7 Å². The minimum absolute atomic E-state index is 0.0577. The molecule has 1 spiro atoms. The van der Waals surface area contributed by atoms with Crippen molar-refractivity contribution in [1.29, 1.82) is 0 Å². The average Bonchev–Trinajstić information content (AvgIpc) is 2.97. The highest BCUT2D eigenvalue weighted by molar-refractivity contribution is 7.17. The Labute approximate surface area is 130 Å². The number of carbonyl (C=O) groups is 1. The van der Waals surface area contributed by atoms with Gasteiger partial charge in [0.05, 0.1) is 0 Å². The van der Waals surface area contributed by atoms with Crippen LogP contribution in [0.15, 0.2) is 0 Å². The number of nitrogens with zero attached hydrogens (tertiary/aromatic N) is 3. The summed E-state index contributed by atoms with van der Waals surface area (Å²) < 4.78 is 0. The monoisotopic (exact) mass is 308 g/mol. The first-order valence-electron chi connectivity index (χ1n) is 8.09. The highest BCUT2D eigenvalue weighted by Crippen LogP contribution is 2.44. The molecule has 1 aromatic rings. The van der Waals surface area contributed by atoms with Crippen LogP contribution >= 0.6 is 11.3 Å². The van der Waals surface area contributed by atoms with Crippen molar-refractivity contribution in [3.8, 4) is 0 Å². The standard InChI is InChI=1S/C15H24N4OS/c1-2-16-14-18-17-12(21-14)13(20)19-10-8-15(9-11-19)6-4-3-5-7-15/h2-11H2,1H3,(H,16,18). The van der Waals surface area contributed by atoms with Crippen LogP contribution in [-0.2, 0) is 0 Å². The summed E-state index contributed by atoms with van der Waals surface area (Å²) in [5.41, 5.74) is 0.533. The second-order valence-electron chi connectivity index (χ2n) is 6.30. The summed E-state index contributed by atoms with van der Waals surface area (Å²) in [6.07, 6.45) is 9.18. The molecule has 2 fully saturated rings. The van der Waals surface area contributed by atoms with Gasteiger partial charge < -0.3 is 10.2 Å². The smallest absolute Gasteiger partial charge is 0.284 e. The molecule has 6 heteroatoms. The second kappa shape index (κ2) is 6.30. The zero-order valence-electron chi connectivity index (χ0n) is 12.7. The van der Waals surface area contributed by atoms with Crippen molar-refractivity contribution in [1.82, 2.24) is 15.1 Å². The molecule has 1 amide bonds. The number of aromatic nitrogens is 2. The summed E-state index contributed by atoms with van der Waals surface area (Å²) in [5.74, 6) is 0.0577. The minimum Gasteiger partial charge on any atom is -0.360 e. The lowest BCUT2D eigenvalue weighted by molar-refractivity contribution is 0.0471. The number of carbonyl (C=O) groups excluding carboxylic acids is 1. The number of anilines is 1. The summed E-state index contributed by atoms with van der Waals surface area (Å²) in [6, 6.07) is 0. The molecule has 1 aliphatic heterocycles. The number of hydrogen-bond donors (Lipinski definition) is 1. The minimum atomic E-state index is 0.0577. The predicted molar refractivity (Wildman–Crippen MR) is 84.7 cm³/mol. The lowest BCUT2D eigenvalue weighted by Crippen LogP contribution is -2.43. The first-order valence-corrected chi connectivity index (χ1v) is 8.91. The van der Waals surface area contributed by atoms with E-state index in [0.717, 1.165) is 37.6 Å². The summed E-state index contributed by atoms with van der Waals surface area (Å²) in [4.78, 5) is 14.5. The fourth-order valence-corrected chi connectivity index (χ4v) is 4.43. The van der Waals surface area contributed by atoms with Crippen LogP contribution in [0.2, 0.25) is 0 Å². The van der Waals surface area contributed by atoms with Crippen molar-refractivity contribution >= 4 is 22.4 Å². The molecule has 1 saturated carbocycles. The summed E-state index contributed by atoms with van der Waals surface area (Å²) in [7, 11) is 0. The molecule has 1 aliphatic carbocycles. The molecule has 5 nitrogen and oxygen atoms in total. The van der Waals surface area contributed by atoms with Crippen LogP contribution in [0, 0.1) is 5.41 Å². The Bertz CT molecular complexity index is 486. The van der Waals surface area contributed by atoms with Gasteiger partial charge >= 0.3 is 0 Å². The van der Waals surface area contributed by atoms with E-state index < -0.39 is 0 Å². The van der Waals surface area contributed by atoms with Crippen LogP contribution < -0.4 is 5.32 Å². The fraction of sp³-hybridized carbons (Fsp3) is 0.800. The third-order valence-electron chi connectivity index (χ3n) is 4.96. The van der Waals surface area contributed by atoms with E-state index in [2.05, 4.69) is 15.5 Å². The average molecular weight is 308 g/mol. The van der Waals surface area contributed by atoms with Gasteiger partial charge in [-0.05, 0) is 38.0 Å². The molecule has 116 valence electrons. The molecular weight excluding hydrogens is 284 g/mol. The Kier molecular flexibility index (Phi) is 4.42. The van der Waals surface area contributed by atoms with Crippen molar-refractivity contribution in [2.75, 3.05) is 25.0 Å². The summed E-state index contributed by atoms with van der Waals surface area (Å²) in [5, 5.41) is 12.4. The first kappa shape index (κ1) is 14.8. The first-order chi connectivity index (χ1) is 10.2. The van der Waals surface area contributed by atoms with E-state index in [0.29, 0.717) is 10.4 Å². The summed E-state index contributed by atoms with van der Waals surface area (Å²) in [6.45, 7) is 4.58. The van der Waals surface area contributed by atoms with E-state index in [1.54, 1.807) is 0 Å². The number of amides is 1. The summed E-state index contributed by atoms with van der Waals surface area (Å²) >= 11 is 1.36. The number of piperidine rings is 1. The molecule has 1 N–H and O–H groups in total. The zero-order valence-corrected chi connectivity index (χ0v) is 13.5. The van der Waals surface area contributed by atoms with E-state index >= 15 is 0 Å². The molecule has 2 heterocycles. The third-order valence-corrected chi connectivity index (χ3v) is 5.83. The molecular formula is C15H24N4OS. The molecule has 0 radical (unpaired) electrons. The fourth-order valence-electron chi connectivity index (χ4n) is 3.65. The number of likely N-dealkylation sites (tertiary alicyclic amines) is 1. The van der Waals surface area contributed by atoms with Gasteiger partial charge in [-0.2, -0.15) is 0 Å². The zero-order chi connectivity index (χ0) is 14.7. The van der Waals surface area contributed by atoms with Crippen molar-refractivity contribution in [3.05, 3.63) is 5.01 Å². The van der Waals surface area contributed by atoms with E-state index in [4.69, 9.17) is 0 Å². The van der Waals surface area contributed by atoms with Crippen LogP contribution in [0.3, 0.4) is 0 Å². The van der Waals surface area contributed by atoms with Crippen molar-refractivity contribution in [2.24, 2.45) is 5.41 Å². The lowest BCUT2D eigenvalue weighted by atomic mass is 9.68. The largest absolute Gasteiger partial charge is 0.360 e. The Morgan fingerprint density at radius 2 is 1.90 bits per heavy atom. The van der Waals surface area contributed by atoms with Crippen molar-refractivity contribution in [3.63, 3.8) is 0 Å². The normalized spacial score (nSPS) is 21.5. The maximum atomic E-state index is 12.5. The molecule has 21 heavy (non-hydrogen) atoms. The van der Waals surface area contributed by atoms with Crippen LogP contribution in [0.4, 0.5) is 5.13 Å². The molecule has 0 bridgehead atoms. The predicted octanol–water partition coefficient (Wildman–Crippen LogP) is 3.16. The SMILES string of the molecule is CCNc1nnc(C(=O)N2CCC3(CCCCC3)CC2)s1. The Morgan fingerprint density at radius 3 is 2.57 bits per heavy atom. The van der Waals surface area contributed by atoms with E-state index in [1.807, 2.05) is 11.8 Å². The molecule has 0 atom stereocenters. The van der Waals surface area contributed by atoms with Gasteiger partial charge in [0.1, 0.15) is 0 Å².